The Kier molecular flexibility index (Phi) is 19.9. The number of ether oxygens (including phenoxy) is 8. The maximum Gasteiger partial charge on any atom is 0.217 e. The summed E-state index contributed by atoms with van der Waals surface area (Å²) in [6.07, 6.45) is 14.0. The van der Waals surface area contributed by atoms with Gasteiger partial charge in [-0.3, -0.25) is 4.18 Å². The smallest absolute Gasteiger partial charge is 0.217 e. The number of hydrogen-bond acceptors (Lipinski definition) is 12. The summed E-state index contributed by atoms with van der Waals surface area (Å²) in [6, 6.07) is 22.1. The van der Waals surface area contributed by atoms with Gasteiger partial charge >= 0.3 is 0 Å². The third-order valence-corrected chi connectivity index (χ3v) is 14.8. The van der Waals surface area contributed by atoms with E-state index < -0.39 is 10.4 Å². The van der Waals surface area contributed by atoms with Crippen molar-refractivity contribution < 1.29 is 64.0 Å². The molecule has 14 nitrogen and oxygen atoms in total. The predicted octanol–water partition coefficient (Wildman–Crippen LogP) is 9.24. The number of benzene rings is 4. The van der Waals surface area contributed by atoms with E-state index in [1.807, 2.05) is 12.1 Å². The second-order valence-corrected chi connectivity index (χ2v) is 19.5. The molecule has 0 saturated carbocycles. The van der Waals surface area contributed by atoms with Crippen LogP contribution in [0.3, 0.4) is 0 Å². The van der Waals surface area contributed by atoms with Crippen molar-refractivity contribution in [3.05, 3.63) is 94.0 Å². The van der Waals surface area contributed by atoms with Gasteiger partial charge < -0.3 is 51.4 Å². The number of hydrogen-bond donors (Lipinski definition) is 0. The molecule has 4 aromatic carbocycles. The average Bonchev–Trinajstić information content (AvgIpc) is 3.35. The van der Waals surface area contributed by atoms with Crippen LogP contribution >= 0.6 is 0 Å². The van der Waals surface area contributed by atoms with Gasteiger partial charge in [-0.05, 0) is 96.5 Å². The monoisotopic (exact) mass is 966 g/mol. The van der Waals surface area contributed by atoms with E-state index in [2.05, 4.69) is 66.8 Å². The lowest BCUT2D eigenvalue weighted by Crippen LogP contribution is -2.52. The zero-order valence-electron chi connectivity index (χ0n) is 42.4. The van der Waals surface area contributed by atoms with Crippen LogP contribution in [0.5, 0.6) is 46.0 Å². The normalized spacial score (nSPS) is 19.6. The van der Waals surface area contributed by atoms with E-state index in [0.717, 1.165) is 114 Å². The lowest BCUT2D eigenvalue weighted by Gasteiger charge is -2.46. The molecule has 6 rings (SSSR count). The number of unbranched alkanes of at least 4 members (excludes halogenated alkanes) is 7. The fourth-order valence-corrected chi connectivity index (χ4v) is 10.3. The Bertz CT molecular complexity index is 2210. The molecule has 0 saturated heterocycles. The van der Waals surface area contributed by atoms with Crippen LogP contribution in [0.1, 0.15) is 96.8 Å². The van der Waals surface area contributed by atoms with Crippen molar-refractivity contribution in [1.29, 1.82) is 0 Å². The minimum Gasteiger partial charge on any atom is -0.726 e. The van der Waals surface area contributed by atoms with Gasteiger partial charge in [-0.2, -0.15) is 0 Å². The fraction of sp³-hybridized carbons (Fsp3) is 0.547. The van der Waals surface area contributed by atoms with Gasteiger partial charge in [0.05, 0.1) is 104 Å². The molecule has 0 aromatic heterocycles. The summed E-state index contributed by atoms with van der Waals surface area (Å²) in [5.74, 6) is 6.26. The van der Waals surface area contributed by atoms with Crippen LogP contribution in [0, 0.1) is 0 Å². The second-order valence-electron chi connectivity index (χ2n) is 18.4. The van der Waals surface area contributed by atoms with Crippen LogP contribution < -0.4 is 37.9 Å². The van der Waals surface area contributed by atoms with Gasteiger partial charge in [0, 0.05) is 36.8 Å². The fourth-order valence-electron chi connectivity index (χ4n) is 10.3. The summed E-state index contributed by atoms with van der Waals surface area (Å²) in [5, 5.41) is 0. The number of methoxy groups -OCH3 is 8. The molecule has 0 aliphatic carbocycles. The summed E-state index contributed by atoms with van der Waals surface area (Å²) < 4.78 is 78.6. The molecule has 0 amide bonds. The van der Waals surface area contributed by atoms with Gasteiger partial charge in [0.15, 0.2) is 46.0 Å². The van der Waals surface area contributed by atoms with Crippen LogP contribution in [0.25, 0.3) is 0 Å². The molecule has 15 heteroatoms. The summed E-state index contributed by atoms with van der Waals surface area (Å²) in [4.78, 5) is 0. The Morgan fingerprint density at radius 1 is 0.456 bits per heavy atom. The van der Waals surface area contributed by atoms with Crippen molar-refractivity contribution in [2.45, 2.75) is 89.1 Å². The van der Waals surface area contributed by atoms with Crippen molar-refractivity contribution in [2.75, 3.05) is 104 Å². The molecule has 0 fully saturated rings. The molecule has 0 N–H and O–H groups in total. The van der Waals surface area contributed by atoms with Gasteiger partial charge in [-0.15, -0.1) is 0 Å². The number of rotatable bonds is 24. The van der Waals surface area contributed by atoms with Crippen molar-refractivity contribution in [3.63, 3.8) is 0 Å². The Balaban J connectivity index is 0.00000135. The van der Waals surface area contributed by atoms with E-state index in [4.69, 9.17) is 37.9 Å². The molecule has 68 heavy (non-hydrogen) atoms. The zero-order valence-corrected chi connectivity index (χ0v) is 43.3. The molecule has 2 heterocycles. The highest BCUT2D eigenvalue weighted by Gasteiger charge is 2.41. The Hall–Kier alpha value is -4.93. The molecule has 2 aliphatic rings. The molecular weight excluding hydrogens is 889 g/mol. The standard InChI is InChI=1S/C52H74N2O8.CH4O4S/c1-53(27-23-39-33-49(59-7)51(61-9)35-41(39)43(53)29-37-19-21-45(55-3)47(31-37)57-5)25-17-15-13-11-12-14-16-18-26-54(2)28-24-40-34-50(60-8)52(62-10)36-42(40)44(54)30-38-20-22-46(56-4)48(32-38)58-6;1-5-6(2,3)4/h19-22,31-36,43-44H,11-18,23-30H2,1-10H3;1H3,(H,2,3,4)/q+2;/p-1. The Morgan fingerprint density at radius 2 is 0.750 bits per heavy atom. The third kappa shape index (κ3) is 13.6. The van der Waals surface area contributed by atoms with Crippen LogP contribution in [0.2, 0.25) is 0 Å². The quantitative estimate of drug-likeness (QED) is 0.0286. The number of fused-ring (bicyclic) bond motifs is 2. The van der Waals surface area contributed by atoms with Crippen LogP contribution in [0.15, 0.2) is 60.7 Å². The van der Waals surface area contributed by atoms with Crippen molar-refractivity contribution in [2.24, 2.45) is 0 Å². The molecule has 4 aromatic rings. The number of likely N-dealkylation sites (N-methyl/N-ethyl adjacent to an activating group) is 2. The molecular formula is C53H77N2O12S+. The lowest BCUT2D eigenvalue weighted by atomic mass is 9.86. The van der Waals surface area contributed by atoms with E-state index in [0.29, 0.717) is 0 Å². The molecule has 0 spiro atoms. The van der Waals surface area contributed by atoms with E-state index in [-0.39, 0.29) is 12.1 Å². The zero-order chi connectivity index (χ0) is 49.5. The van der Waals surface area contributed by atoms with E-state index in [1.165, 1.54) is 84.7 Å². The Labute approximate surface area is 406 Å². The second kappa shape index (κ2) is 25.1. The third-order valence-electron chi connectivity index (χ3n) is 14.3. The molecule has 4 unspecified atom stereocenters. The number of quaternary nitrogens is 2. The minimum absolute atomic E-state index is 0.290. The lowest BCUT2D eigenvalue weighted by molar-refractivity contribution is -0.941. The summed E-state index contributed by atoms with van der Waals surface area (Å²) >= 11 is 0. The first-order valence-electron chi connectivity index (χ1n) is 23.7. The van der Waals surface area contributed by atoms with Gasteiger partial charge in [0.25, 0.3) is 0 Å². The highest BCUT2D eigenvalue weighted by molar-refractivity contribution is 7.80. The predicted molar refractivity (Wildman–Crippen MR) is 264 cm³/mol. The molecule has 4 atom stereocenters. The maximum absolute atomic E-state index is 9.22. The largest absolute Gasteiger partial charge is 0.726 e. The van der Waals surface area contributed by atoms with Gasteiger partial charge in [0.2, 0.25) is 10.4 Å². The summed E-state index contributed by atoms with van der Waals surface area (Å²) in [5.41, 5.74) is 7.94. The van der Waals surface area contributed by atoms with Crippen molar-refractivity contribution >= 4 is 10.4 Å². The van der Waals surface area contributed by atoms with Gasteiger partial charge in [0.1, 0.15) is 12.1 Å². The SMILES string of the molecule is COS(=O)(=O)[O-].COc1ccc(CC2c3cc(OC)c(OC)cc3CC[N+]2(C)CCCCCCCCCC[N+]2(C)CCc3cc(OC)c(OC)cc3C2Cc2ccc(OC)c(OC)c2)cc1OC. The van der Waals surface area contributed by atoms with Gasteiger partial charge in [-0.25, -0.2) is 8.42 Å². The number of nitrogens with zero attached hydrogens (tertiary/aromatic N) is 2. The van der Waals surface area contributed by atoms with Crippen LogP contribution in [-0.2, 0) is 40.3 Å². The molecule has 376 valence electrons. The minimum atomic E-state index is -4.41. The first kappa shape index (κ1) is 54.0. The average molecular weight is 966 g/mol. The molecule has 2 aliphatic heterocycles. The first-order valence-corrected chi connectivity index (χ1v) is 25.1. The van der Waals surface area contributed by atoms with Crippen LogP contribution in [0.4, 0.5) is 0 Å². The van der Waals surface area contributed by atoms with Crippen molar-refractivity contribution in [1.82, 2.24) is 0 Å². The highest BCUT2D eigenvalue weighted by Crippen LogP contribution is 2.45. The van der Waals surface area contributed by atoms with Gasteiger partial charge in [-0.1, -0.05) is 37.8 Å². The molecule has 0 bridgehead atoms. The topological polar surface area (TPSA) is 140 Å². The summed E-state index contributed by atoms with van der Waals surface area (Å²) in [6.45, 7) is 4.49. The van der Waals surface area contributed by atoms with E-state index in [9.17, 15) is 13.0 Å². The molecule has 0 radical (unpaired) electrons. The van der Waals surface area contributed by atoms with Crippen molar-refractivity contribution in [3.8, 4) is 46.0 Å². The van der Waals surface area contributed by atoms with E-state index in [1.54, 1.807) is 56.9 Å². The Morgan fingerprint density at radius 3 is 1.06 bits per heavy atom. The highest BCUT2D eigenvalue weighted by atomic mass is 32.3. The first-order chi connectivity index (χ1) is 32.6. The summed E-state index contributed by atoms with van der Waals surface area (Å²) in [7, 11) is 15.0. The maximum atomic E-state index is 9.22. The van der Waals surface area contributed by atoms with Crippen LogP contribution in [-0.4, -0.2) is 126 Å². The van der Waals surface area contributed by atoms with E-state index >= 15 is 0 Å².